The van der Waals surface area contributed by atoms with E-state index >= 15 is 0 Å². The number of benzene rings is 6. The molecule has 2 fully saturated rings. The van der Waals surface area contributed by atoms with Gasteiger partial charge in [-0.05, 0) is 126 Å². The molecule has 0 N–H and O–H groups in total. The molecule has 93 heavy (non-hydrogen) atoms. The molecule has 6 nitrogen and oxygen atoms in total. The van der Waals surface area contributed by atoms with Crippen molar-refractivity contribution >= 4 is 139 Å². The van der Waals surface area contributed by atoms with Crippen molar-refractivity contribution in [3.8, 4) is 10.6 Å². The second-order valence-electron chi connectivity index (χ2n) is 22.8. The van der Waals surface area contributed by atoms with Gasteiger partial charge in [-0.2, -0.15) is 0 Å². The largest absolute Gasteiger partial charge is 0.0622 e. The zero-order chi connectivity index (χ0) is 65.6. The third-order valence-electron chi connectivity index (χ3n) is 16.2. The third kappa shape index (κ3) is 25.4. The van der Waals surface area contributed by atoms with Gasteiger partial charge in [0.2, 0.25) is 0 Å². The molecule has 6 heterocycles. The standard InChI is InChI=1S/2C18H15P.C15H16N2OS.C10H12BrNOS.C5H4N.3C4H9.2ClH.Pd.Sn/c2*1-4-10-16(11-5-1)19(17-12-6-2-7-13-17)18-14-8-3-9-15-18;18-15(17-8-4-1-5-9-17)12-10-14(19-11-12)13-6-2-3-7-16-13;11-9-6-8(7-14-9)10(13)12-4-2-1-3-5-12;1-2-4-6-5-3-1;3*1-3-4-2;;;;/h2*1-15H;2-3,6-7,10-11H,1,4-5,8-9H2;6-7H,1-5H2;1-4H;3*1,3-4H2,2H3;2*1H;;/q;;;;;;;;;;+2;/p-2. The van der Waals surface area contributed by atoms with Gasteiger partial charge in [-0.1, -0.05) is 188 Å². The van der Waals surface area contributed by atoms with Crippen LogP contribution in [0, 0.1) is 0 Å². The summed E-state index contributed by atoms with van der Waals surface area (Å²) in [6.07, 6.45) is 19.1. The first-order valence-electron chi connectivity index (χ1n) is 32.7. The fourth-order valence-corrected chi connectivity index (χ4v) is 33.4. The Kier molecular flexibility index (Phi) is 36.0. The molecule has 6 aromatic carbocycles. The van der Waals surface area contributed by atoms with Gasteiger partial charge in [0.1, 0.15) is 0 Å². The first-order valence-corrected chi connectivity index (χ1v) is 49.4. The van der Waals surface area contributed by atoms with E-state index in [-0.39, 0.29) is 27.8 Å². The van der Waals surface area contributed by atoms with Crippen LogP contribution in [0.1, 0.15) is 119 Å². The molecule has 0 unspecified atom stereocenters. The average Bonchev–Trinajstić information content (AvgIpc) is 2.16. The van der Waals surface area contributed by atoms with Crippen LogP contribution < -0.4 is 35.5 Å². The van der Waals surface area contributed by atoms with E-state index < -0.39 is 34.2 Å². The van der Waals surface area contributed by atoms with E-state index in [2.05, 4.69) is 242 Å². The Morgan fingerprint density at radius 3 is 1.08 bits per heavy atom. The molecule has 0 atom stereocenters. The maximum Gasteiger partial charge on any atom is -0.0134 e. The van der Waals surface area contributed by atoms with E-state index in [4.69, 9.17) is 24.0 Å². The molecule has 0 saturated carbocycles. The van der Waals surface area contributed by atoms with Crippen molar-refractivity contribution < 1.29 is 25.5 Å². The van der Waals surface area contributed by atoms with E-state index in [0.717, 1.165) is 77.3 Å². The quantitative estimate of drug-likeness (QED) is 0.0598. The Hall–Kier alpha value is -4.66. The third-order valence-corrected chi connectivity index (χ3v) is 38.7. The van der Waals surface area contributed by atoms with E-state index in [1.54, 1.807) is 32.6 Å². The summed E-state index contributed by atoms with van der Waals surface area (Å²) in [7, 11) is 8.74. The Bertz CT molecular complexity index is 3260. The number of pyridine rings is 2. The van der Waals surface area contributed by atoms with Gasteiger partial charge in [-0.3, -0.25) is 14.6 Å². The number of amides is 2. The summed E-state index contributed by atoms with van der Waals surface area (Å²) in [5.74, 6) is 0.352. The minimum Gasteiger partial charge on any atom is -0.0622 e. The van der Waals surface area contributed by atoms with Crippen LogP contribution in [0.4, 0.5) is 0 Å². The second-order valence-corrected chi connectivity index (χ2v) is 45.8. The Morgan fingerprint density at radius 1 is 0.452 bits per heavy atom. The molecule has 2 aliphatic heterocycles. The summed E-state index contributed by atoms with van der Waals surface area (Å²) in [6.45, 7) is 10.6. The van der Waals surface area contributed by atoms with Gasteiger partial charge >= 0.3 is 159 Å². The van der Waals surface area contributed by atoms with E-state index in [1.807, 2.05) is 57.1 Å². The van der Waals surface area contributed by atoms with Crippen molar-refractivity contribution in [1.82, 2.24) is 19.8 Å². The number of hydrogen-bond donors (Lipinski definition) is 0. The molecule has 2 aliphatic rings. The van der Waals surface area contributed by atoms with Crippen LogP contribution in [0.25, 0.3) is 10.6 Å². The summed E-state index contributed by atoms with van der Waals surface area (Å²) < 4.78 is 7.12. The minimum atomic E-state index is -2.21. The number of unbranched alkanes of at least 4 members (excludes halogenated alkanes) is 3. The van der Waals surface area contributed by atoms with Crippen LogP contribution in [-0.4, -0.2) is 76.1 Å². The number of hydrogen-bond acceptors (Lipinski definition) is 6. The summed E-state index contributed by atoms with van der Waals surface area (Å²) in [6, 6.07) is 81.0. The van der Waals surface area contributed by atoms with Crippen molar-refractivity contribution in [2.24, 2.45) is 0 Å². The monoisotopic (exact) mass is 1610 g/mol. The van der Waals surface area contributed by atoms with Crippen molar-refractivity contribution in [2.75, 3.05) is 26.2 Å². The number of thiophene rings is 2. The number of piperidine rings is 2. The van der Waals surface area contributed by atoms with Crippen molar-refractivity contribution in [3.05, 3.63) is 269 Å². The first-order chi connectivity index (χ1) is 45.7. The molecule has 4 aromatic heterocycles. The number of rotatable bonds is 19. The molecule has 0 bridgehead atoms. The average molecular weight is 1620 g/mol. The number of carbonyl (C=O) groups is 2. The molecule has 0 aliphatic carbocycles. The van der Waals surface area contributed by atoms with Gasteiger partial charge in [-0.25, -0.2) is 0 Å². The van der Waals surface area contributed by atoms with Crippen LogP contribution in [0.3, 0.4) is 0 Å². The SMILES string of the molecule is CCC[CH2][Sn]([CH2]CCC)([CH2]CCC)[c]1ccccn1.O=C(c1csc(-c2ccccn2)c1)N1CCCCC1.O=C(c1csc(Br)c1)N1CCCCC1.[Cl][Pd][Cl].c1ccc(P(c2ccccc2)c2ccccc2)cc1.c1ccc(P(c2ccccc2)c2ccccc2)cc1. The topological polar surface area (TPSA) is 66.4 Å². The van der Waals surface area contributed by atoms with E-state index in [0.29, 0.717) is 0 Å². The molecule has 0 spiro atoms. The van der Waals surface area contributed by atoms with Crippen molar-refractivity contribution in [3.63, 3.8) is 0 Å². The Balaban J connectivity index is 0.000000163. The Labute approximate surface area is 595 Å². The number of likely N-dealkylation sites (tertiary alicyclic amines) is 2. The molecular weight excluding hydrogens is 1530 g/mol. The van der Waals surface area contributed by atoms with Crippen molar-refractivity contribution in [1.29, 1.82) is 0 Å². The van der Waals surface area contributed by atoms with E-state index in [9.17, 15) is 9.59 Å². The molecular formula is C78H89BrCl2N4O2P2PdS2Sn. The van der Waals surface area contributed by atoms with Gasteiger partial charge in [0.25, 0.3) is 11.8 Å². The second kappa shape index (κ2) is 44.2. The predicted molar refractivity (Wildman–Crippen MR) is 410 cm³/mol. The fraction of sp³-hybridized carbons (Fsp3) is 0.282. The molecule has 10 aromatic rings. The summed E-state index contributed by atoms with van der Waals surface area (Å²) >= 11 is 4.21. The minimum absolute atomic E-state index is 0.106. The van der Waals surface area contributed by atoms with E-state index in [1.165, 1.54) is 96.5 Å². The fourth-order valence-electron chi connectivity index (χ4n) is 11.4. The summed E-state index contributed by atoms with van der Waals surface area (Å²) in [5.41, 5.74) is 2.56. The normalized spacial score (nSPS) is 12.7. The number of nitrogens with zero attached hydrogens (tertiary/aromatic N) is 4. The summed E-state index contributed by atoms with van der Waals surface area (Å²) in [5, 5.41) is 12.3. The number of carbonyl (C=O) groups excluding carboxylic acids is 2. The summed E-state index contributed by atoms with van der Waals surface area (Å²) in [4.78, 5) is 38.4. The Morgan fingerprint density at radius 2 is 0.774 bits per heavy atom. The zero-order valence-electron chi connectivity index (χ0n) is 54.0. The van der Waals surface area contributed by atoms with Crippen LogP contribution in [0.5, 0.6) is 0 Å². The van der Waals surface area contributed by atoms with Gasteiger partial charge in [0, 0.05) is 43.1 Å². The maximum absolute atomic E-state index is 12.4. The zero-order valence-corrected chi connectivity index (χ0v) is 64.9. The van der Waals surface area contributed by atoms with Gasteiger partial charge in [-0.15, -0.1) is 22.7 Å². The molecule has 2 amide bonds. The first kappa shape index (κ1) is 75.7. The molecule has 2 saturated heterocycles. The molecule has 12 rings (SSSR count). The van der Waals surface area contributed by atoms with Gasteiger partial charge < -0.3 is 9.80 Å². The van der Waals surface area contributed by atoms with Crippen LogP contribution in [-0.2, 0) is 15.9 Å². The molecule has 490 valence electrons. The van der Waals surface area contributed by atoms with Crippen molar-refractivity contribution in [2.45, 2.75) is 111 Å². The smallest absolute Gasteiger partial charge is 0.0134 e. The van der Waals surface area contributed by atoms with Crippen LogP contribution in [0.15, 0.2) is 257 Å². The van der Waals surface area contributed by atoms with Gasteiger partial charge in [0.05, 0.1) is 25.5 Å². The van der Waals surface area contributed by atoms with Gasteiger partial charge in [0.15, 0.2) is 0 Å². The van der Waals surface area contributed by atoms with Crippen LogP contribution in [0.2, 0.25) is 13.3 Å². The molecule has 0 radical (unpaired) electrons. The van der Waals surface area contributed by atoms with Crippen LogP contribution >= 0.6 is 73.5 Å². The maximum atomic E-state index is 12.4. The number of halogens is 3. The predicted octanol–water partition coefficient (Wildman–Crippen LogP) is 20.0. The molecule has 15 heteroatoms. The number of aromatic nitrogens is 2.